The van der Waals surface area contributed by atoms with E-state index in [2.05, 4.69) is 0 Å². The lowest BCUT2D eigenvalue weighted by molar-refractivity contribution is -0.134. The maximum Gasteiger partial charge on any atom is 0.311 e. The summed E-state index contributed by atoms with van der Waals surface area (Å²) in [6.07, 6.45) is -0.527. The Morgan fingerprint density at radius 3 is 1.70 bits per heavy atom. The number of hydrogen-bond acceptors (Lipinski definition) is 2. The van der Waals surface area contributed by atoms with Gasteiger partial charge in [-0.15, -0.1) is 0 Å². The predicted molar refractivity (Wildman–Crippen MR) is 82.3 cm³/mol. The Balaban J connectivity index is 2.70. The van der Waals surface area contributed by atoms with Crippen molar-refractivity contribution in [3.8, 4) is 0 Å². The van der Waals surface area contributed by atoms with E-state index >= 15 is 0 Å². The number of halogens is 2. The number of carboxylic acids is 1. The van der Waals surface area contributed by atoms with E-state index in [-0.39, 0.29) is 10.0 Å². The molecular formula is C14H11Cl2O3P. The first-order valence-electron chi connectivity index (χ1n) is 5.76. The minimum atomic E-state index is -3.42. The maximum atomic E-state index is 13.3. The van der Waals surface area contributed by atoms with Gasteiger partial charge in [0.2, 0.25) is 0 Å². The lowest BCUT2D eigenvalue weighted by atomic mass is 10.4. The molecule has 0 fully saturated rings. The molecule has 0 spiro atoms. The SMILES string of the molecule is O=C(O)CP(=O)(c1ccccc1Cl)c1ccccc1Cl. The molecule has 3 nitrogen and oxygen atoms in total. The Hall–Kier alpha value is -1.28. The number of carboxylic acid groups (broad SMARTS) is 1. The Kier molecular flexibility index (Phi) is 4.54. The van der Waals surface area contributed by atoms with Gasteiger partial charge >= 0.3 is 5.97 Å². The van der Waals surface area contributed by atoms with Crippen LogP contribution < -0.4 is 10.6 Å². The van der Waals surface area contributed by atoms with Crippen LogP contribution in [0, 0.1) is 0 Å². The molecule has 0 bridgehead atoms. The van der Waals surface area contributed by atoms with Gasteiger partial charge < -0.3 is 9.67 Å². The zero-order valence-corrected chi connectivity index (χ0v) is 12.7. The summed E-state index contributed by atoms with van der Waals surface area (Å²) < 4.78 is 13.3. The second-order valence-corrected chi connectivity index (χ2v) is 7.77. The van der Waals surface area contributed by atoms with Crippen LogP contribution in [0.4, 0.5) is 0 Å². The van der Waals surface area contributed by atoms with Gasteiger partial charge in [0.05, 0.1) is 10.0 Å². The van der Waals surface area contributed by atoms with Gasteiger partial charge in [0.25, 0.3) is 0 Å². The van der Waals surface area contributed by atoms with Gasteiger partial charge in [-0.25, -0.2) is 0 Å². The minimum Gasteiger partial charge on any atom is -0.481 e. The fraction of sp³-hybridized carbons (Fsp3) is 0.0714. The van der Waals surface area contributed by atoms with Crippen molar-refractivity contribution in [1.29, 1.82) is 0 Å². The van der Waals surface area contributed by atoms with Crippen LogP contribution >= 0.6 is 30.3 Å². The highest BCUT2D eigenvalue weighted by Gasteiger charge is 2.33. The van der Waals surface area contributed by atoms with Gasteiger partial charge in [-0.1, -0.05) is 47.5 Å². The molecule has 2 rings (SSSR count). The van der Waals surface area contributed by atoms with Crippen LogP contribution in [0.15, 0.2) is 48.5 Å². The zero-order valence-electron chi connectivity index (χ0n) is 10.3. The monoisotopic (exact) mass is 328 g/mol. The molecule has 0 saturated carbocycles. The zero-order chi connectivity index (χ0) is 14.8. The molecule has 0 heterocycles. The standard InChI is InChI=1S/C14H11Cl2O3P/c15-10-5-1-3-7-12(10)20(19,9-14(17)18)13-8-4-2-6-11(13)16/h1-8H,9H2,(H,17,18). The third-order valence-corrected chi connectivity index (χ3v) is 6.82. The molecule has 1 N–H and O–H groups in total. The highest BCUT2D eigenvalue weighted by atomic mass is 35.5. The Morgan fingerprint density at radius 2 is 1.35 bits per heavy atom. The molecule has 0 aliphatic rings. The van der Waals surface area contributed by atoms with Gasteiger partial charge in [-0.05, 0) is 24.3 Å². The molecular weight excluding hydrogens is 318 g/mol. The Labute approximate surface area is 126 Å². The van der Waals surface area contributed by atoms with Crippen molar-refractivity contribution in [2.45, 2.75) is 0 Å². The largest absolute Gasteiger partial charge is 0.481 e. The second-order valence-electron chi connectivity index (χ2n) is 4.19. The molecule has 104 valence electrons. The summed E-state index contributed by atoms with van der Waals surface area (Å²) in [5.74, 6) is -1.16. The molecule has 2 aromatic carbocycles. The average Bonchev–Trinajstić information content (AvgIpc) is 2.38. The summed E-state index contributed by atoms with van der Waals surface area (Å²) in [5.41, 5.74) is 0. The molecule has 0 aliphatic heterocycles. The fourth-order valence-corrected chi connectivity index (χ4v) is 5.54. The Morgan fingerprint density at radius 1 is 0.950 bits per heavy atom. The normalized spacial score (nSPS) is 11.3. The molecule has 0 aliphatic carbocycles. The predicted octanol–water partition coefficient (Wildman–Crippen LogP) is 3.39. The van der Waals surface area contributed by atoms with Crippen molar-refractivity contribution < 1.29 is 14.5 Å². The first kappa shape index (κ1) is 15.1. The summed E-state index contributed by atoms with van der Waals surface area (Å²) in [4.78, 5) is 11.1. The third kappa shape index (κ3) is 2.90. The quantitative estimate of drug-likeness (QED) is 0.875. The number of rotatable bonds is 4. The van der Waals surface area contributed by atoms with E-state index in [9.17, 15) is 9.36 Å². The summed E-state index contributed by atoms with van der Waals surface area (Å²) >= 11 is 12.2. The third-order valence-electron chi connectivity index (χ3n) is 2.84. The topological polar surface area (TPSA) is 54.4 Å². The van der Waals surface area contributed by atoms with Crippen molar-refractivity contribution in [3.63, 3.8) is 0 Å². The van der Waals surface area contributed by atoms with E-state index < -0.39 is 19.3 Å². The van der Waals surface area contributed by atoms with E-state index in [1.54, 1.807) is 48.5 Å². The second kappa shape index (κ2) is 6.01. The van der Waals surface area contributed by atoms with Gasteiger partial charge in [0, 0.05) is 10.6 Å². The van der Waals surface area contributed by atoms with Crippen molar-refractivity contribution in [1.82, 2.24) is 0 Å². The average molecular weight is 329 g/mol. The highest BCUT2D eigenvalue weighted by molar-refractivity contribution is 7.79. The molecule has 0 aromatic heterocycles. The van der Waals surface area contributed by atoms with E-state index in [1.165, 1.54) is 0 Å². The van der Waals surface area contributed by atoms with Crippen LogP contribution in [0.1, 0.15) is 0 Å². The van der Waals surface area contributed by atoms with E-state index in [0.717, 1.165) is 0 Å². The lowest BCUT2D eigenvalue weighted by Crippen LogP contribution is -2.23. The Bertz CT molecular complexity index is 651. The van der Waals surface area contributed by atoms with Crippen molar-refractivity contribution >= 4 is 46.9 Å². The first-order chi connectivity index (χ1) is 9.45. The molecule has 2 aromatic rings. The summed E-state index contributed by atoms with van der Waals surface area (Å²) in [6, 6.07) is 13.1. The van der Waals surface area contributed by atoms with Crippen LogP contribution in [0.5, 0.6) is 0 Å². The molecule has 0 unspecified atom stereocenters. The molecule has 0 radical (unpaired) electrons. The summed E-state index contributed by atoms with van der Waals surface area (Å²) in [6.45, 7) is 0. The van der Waals surface area contributed by atoms with Crippen LogP contribution in [0.2, 0.25) is 10.0 Å². The van der Waals surface area contributed by atoms with Gasteiger partial charge in [-0.3, -0.25) is 4.79 Å². The minimum absolute atomic E-state index is 0.275. The molecule has 20 heavy (non-hydrogen) atoms. The van der Waals surface area contributed by atoms with Gasteiger partial charge in [-0.2, -0.15) is 0 Å². The van der Waals surface area contributed by atoms with Gasteiger partial charge in [0.15, 0.2) is 7.14 Å². The number of benzene rings is 2. The van der Waals surface area contributed by atoms with E-state index in [0.29, 0.717) is 10.6 Å². The van der Waals surface area contributed by atoms with Crippen molar-refractivity contribution in [2.24, 2.45) is 0 Å². The summed E-state index contributed by atoms with van der Waals surface area (Å²) in [7, 11) is -3.42. The number of aliphatic carboxylic acids is 1. The smallest absolute Gasteiger partial charge is 0.311 e. The number of hydrogen-bond donors (Lipinski definition) is 1. The van der Waals surface area contributed by atoms with E-state index in [1.807, 2.05) is 0 Å². The van der Waals surface area contributed by atoms with E-state index in [4.69, 9.17) is 28.3 Å². The molecule has 0 atom stereocenters. The maximum absolute atomic E-state index is 13.3. The highest BCUT2D eigenvalue weighted by Crippen LogP contribution is 2.46. The lowest BCUT2D eigenvalue weighted by Gasteiger charge is -2.19. The van der Waals surface area contributed by atoms with Crippen LogP contribution in [-0.4, -0.2) is 17.2 Å². The van der Waals surface area contributed by atoms with Gasteiger partial charge in [0.1, 0.15) is 6.16 Å². The van der Waals surface area contributed by atoms with Crippen LogP contribution in [-0.2, 0) is 9.36 Å². The van der Waals surface area contributed by atoms with Crippen LogP contribution in [0.3, 0.4) is 0 Å². The van der Waals surface area contributed by atoms with Crippen LogP contribution in [0.25, 0.3) is 0 Å². The first-order valence-corrected chi connectivity index (χ1v) is 8.41. The summed E-state index contributed by atoms with van der Waals surface area (Å²) in [5, 5.41) is 10.3. The molecule has 0 saturated heterocycles. The number of carbonyl (C=O) groups is 1. The molecule has 0 amide bonds. The molecule has 6 heteroatoms. The van der Waals surface area contributed by atoms with Crippen molar-refractivity contribution in [2.75, 3.05) is 6.16 Å². The fourth-order valence-electron chi connectivity index (χ4n) is 1.98. The van der Waals surface area contributed by atoms with Crippen molar-refractivity contribution in [3.05, 3.63) is 58.6 Å².